The Morgan fingerprint density at radius 3 is 2.69 bits per heavy atom. The van der Waals surface area contributed by atoms with E-state index in [-0.39, 0.29) is 17.5 Å². The molecule has 3 heterocycles. The minimum absolute atomic E-state index is 0.172. The third kappa shape index (κ3) is 3.49. The van der Waals surface area contributed by atoms with Gasteiger partial charge in [-0.2, -0.15) is 0 Å². The van der Waals surface area contributed by atoms with Crippen molar-refractivity contribution in [3.63, 3.8) is 0 Å². The second-order valence-electron chi connectivity index (χ2n) is 7.24. The minimum Gasteiger partial charge on any atom is -0.334 e. The van der Waals surface area contributed by atoms with Gasteiger partial charge in [0.25, 0.3) is 5.91 Å². The van der Waals surface area contributed by atoms with Crippen molar-refractivity contribution >= 4 is 5.91 Å². The van der Waals surface area contributed by atoms with Crippen LogP contribution in [-0.2, 0) is 0 Å². The zero-order valence-electron chi connectivity index (χ0n) is 14.9. The molecule has 0 saturated carbocycles. The van der Waals surface area contributed by atoms with Gasteiger partial charge in [-0.05, 0) is 62.5 Å². The van der Waals surface area contributed by atoms with Crippen LogP contribution in [-0.4, -0.2) is 52.9 Å². The minimum atomic E-state index is -0.455. The van der Waals surface area contributed by atoms with Crippen molar-refractivity contribution in [2.75, 3.05) is 26.2 Å². The predicted octanol–water partition coefficient (Wildman–Crippen LogP) is 3.59. The third-order valence-electron chi connectivity index (χ3n) is 5.50. The van der Waals surface area contributed by atoms with Gasteiger partial charge in [0.15, 0.2) is 0 Å². The van der Waals surface area contributed by atoms with Crippen molar-refractivity contribution in [3.05, 3.63) is 54.1 Å². The van der Waals surface area contributed by atoms with E-state index in [4.69, 9.17) is 0 Å². The summed E-state index contributed by atoms with van der Waals surface area (Å²) in [5.74, 6) is -0.634. The lowest BCUT2D eigenvalue weighted by Gasteiger charge is -2.28. The number of pyridine rings is 1. The molecule has 0 aliphatic carbocycles. The Morgan fingerprint density at radius 1 is 1.12 bits per heavy atom. The summed E-state index contributed by atoms with van der Waals surface area (Å²) in [5.41, 5.74) is 1.76. The lowest BCUT2D eigenvalue weighted by Crippen LogP contribution is -2.42. The highest BCUT2D eigenvalue weighted by Crippen LogP contribution is 2.26. The van der Waals surface area contributed by atoms with Crippen molar-refractivity contribution in [3.8, 4) is 11.1 Å². The maximum Gasteiger partial charge on any atom is 0.257 e. The van der Waals surface area contributed by atoms with Crippen LogP contribution >= 0.6 is 0 Å². The topological polar surface area (TPSA) is 36.4 Å². The van der Waals surface area contributed by atoms with E-state index in [0.29, 0.717) is 0 Å². The van der Waals surface area contributed by atoms with Crippen LogP contribution in [0.25, 0.3) is 11.1 Å². The summed E-state index contributed by atoms with van der Waals surface area (Å²) in [5, 5.41) is 0. The summed E-state index contributed by atoms with van der Waals surface area (Å²) < 4.78 is 14.7. The molecular weight excluding hydrogens is 329 g/mol. The average Bonchev–Trinajstić information content (AvgIpc) is 3.34. The highest BCUT2D eigenvalue weighted by atomic mass is 19.1. The van der Waals surface area contributed by atoms with Gasteiger partial charge < -0.3 is 9.80 Å². The monoisotopic (exact) mass is 353 g/mol. The number of aromatic nitrogens is 1. The quantitative estimate of drug-likeness (QED) is 0.843. The molecule has 2 aromatic rings. The van der Waals surface area contributed by atoms with Crippen LogP contribution in [0, 0.1) is 5.82 Å². The first-order valence-corrected chi connectivity index (χ1v) is 9.45. The van der Waals surface area contributed by atoms with E-state index < -0.39 is 5.82 Å². The van der Waals surface area contributed by atoms with E-state index in [2.05, 4.69) is 9.88 Å². The summed E-state index contributed by atoms with van der Waals surface area (Å²) in [6.45, 7) is 3.88. The van der Waals surface area contributed by atoms with Crippen LogP contribution < -0.4 is 0 Å². The number of nitrogens with zero attached hydrogens (tertiary/aromatic N) is 3. The zero-order valence-corrected chi connectivity index (χ0v) is 14.9. The fourth-order valence-corrected chi connectivity index (χ4v) is 4.11. The molecule has 1 atom stereocenters. The first-order chi connectivity index (χ1) is 12.7. The first-order valence-electron chi connectivity index (χ1n) is 9.45. The normalized spacial score (nSPS) is 20.7. The third-order valence-corrected chi connectivity index (χ3v) is 5.50. The van der Waals surface area contributed by atoms with Crippen molar-refractivity contribution in [2.45, 2.75) is 31.7 Å². The molecule has 2 saturated heterocycles. The molecule has 1 aromatic heterocycles. The molecule has 26 heavy (non-hydrogen) atoms. The Labute approximate surface area is 153 Å². The SMILES string of the molecule is O=C(c1ccc(-c2cccnc2)cc1F)N1CCCC1CN1CCCC1. The van der Waals surface area contributed by atoms with Crippen LogP contribution in [0.15, 0.2) is 42.7 Å². The molecule has 1 aromatic carbocycles. The van der Waals surface area contributed by atoms with Crippen LogP contribution in [0.5, 0.6) is 0 Å². The Morgan fingerprint density at radius 2 is 1.96 bits per heavy atom. The second-order valence-corrected chi connectivity index (χ2v) is 7.24. The number of rotatable bonds is 4. The van der Waals surface area contributed by atoms with E-state index in [0.717, 1.165) is 50.1 Å². The molecule has 0 radical (unpaired) electrons. The molecule has 0 spiro atoms. The van der Waals surface area contributed by atoms with Crippen LogP contribution in [0.2, 0.25) is 0 Å². The molecule has 136 valence electrons. The van der Waals surface area contributed by atoms with Gasteiger partial charge in [0.2, 0.25) is 0 Å². The summed E-state index contributed by atoms with van der Waals surface area (Å²) in [6, 6.07) is 8.77. The van der Waals surface area contributed by atoms with Gasteiger partial charge in [-0.3, -0.25) is 9.78 Å². The molecule has 2 fully saturated rings. The summed E-state index contributed by atoms with van der Waals surface area (Å²) in [4.78, 5) is 21.3. The van der Waals surface area contributed by atoms with Gasteiger partial charge in [0.1, 0.15) is 5.82 Å². The molecule has 4 rings (SSSR count). The predicted molar refractivity (Wildman–Crippen MR) is 99.4 cm³/mol. The van der Waals surface area contributed by atoms with E-state index in [9.17, 15) is 9.18 Å². The summed E-state index contributed by atoms with van der Waals surface area (Å²) >= 11 is 0. The largest absolute Gasteiger partial charge is 0.334 e. The lowest BCUT2D eigenvalue weighted by molar-refractivity contribution is 0.0704. The molecular formula is C21H24FN3O. The molecule has 1 amide bonds. The fourth-order valence-electron chi connectivity index (χ4n) is 4.11. The number of amides is 1. The number of hydrogen-bond donors (Lipinski definition) is 0. The highest BCUT2D eigenvalue weighted by molar-refractivity contribution is 5.95. The van der Waals surface area contributed by atoms with Crippen LogP contribution in [0.4, 0.5) is 4.39 Å². The Hall–Kier alpha value is -2.27. The Kier molecular flexibility index (Phi) is 4.98. The zero-order chi connectivity index (χ0) is 17.9. The van der Waals surface area contributed by atoms with Gasteiger partial charge in [-0.25, -0.2) is 4.39 Å². The Bertz CT molecular complexity index is 774. The molecule has 2 aliphatic heterocycles. The van der Waals surface area contributed by atoms with Gasteiger partial charge in [-0.1, -0.05) is 12.1 Å². The Balaban J connectivity index is 1.52. The van der Waals surface area contributed by atoms with Gasteiger partial charge >= 0.3 is 0 Å². The number of carbonyl (C=O) groups is 1. The maximum atomic E-state index is 14.7. The number of benzene rings is 1. The number of likely N-dealkylation sites (tertiary alicyclic amines) is 2. The van der Waals surface area contributed by atoms with E-state index in [1.54, 1.807) is 24.5 Å². The molecule has 2 aliphatic rings. The fraction of sp³-hybridized carbons (Fsp3) is 0.429. The van der Waals surface area contributed by atoms with Crippen molar-refractivity contribution in [2.24, 2.45) is 0 Å². The van der Waals surface area contributed by atoms with Gasteiger partial charge in [0, 0.05) is 37.1 Å². The maximum absolute atomic E-state index is 14.7. The summed E-state index contributed by atoms with van der Waals surface area (Å²) in [7, 11) is 0. The van der Waals surface area contributed by atoms with E-state index in [1.807, 2.05) is 17.0 Å². The summed E-state index contributed by atoms with van der Waals surface area (Å²) in [6.07, 6.45) is 7.88. The van der Waals surface area contributed by atoms with Crippen LogP contribution in [0.1, 0.15) is 36.0 Å². The molecule has 0 N–H and O–H groups in total. The van der Waals surface area contributed by atoms with Gasteiger partial charge in [0.05, 0.1) is 5.56 Å². The number of hydrogen-bond acceptors (Lipinski definition) is 3. The molecule has 5 heteroatoms. The number of carbonyl (C=O) groups excluding carboxylic acids is 1. The van der Waals surface area contributed by atoms with E-state index in [1.165, 1.54) is 18.9 Å². The lowest BCUT2D eigenvalue weighted by atomic mass is 10.0. The van der Waals surface area contributed by atoms with Crippen molar-refractivity contribution in [1.29, 1.82) is 0 Å². The smallest absolute Gasteiger partial charge is 0.257 e. The van der Waals surface area contributed by atoms with E-state index >= 15 is 0 Å². The molecule has 0 bridgehead atoms. The standard InChI is InChI=1S/C21H24FN3O/c22-20-13-16(17-5-3-9-23-14-17)7-8-19(20)21(26)25-12-4-6-18(25)15-24-10-1-2-11-24/h3,5,7-9,13-14,18H,1-2,4,6,10-12,15H2. The van der Waals surface area contributed by atoms with Crippen molar-refractivity contribution < 1.29 is 9.18 Å². The van der Waals surface area contributed by atoms with Crippen LogP contribution in [0.3, 0.4) is 0 Å². The molecule has 4 nitrogen and oxygen atoms in total. The average molecular weight is 353 g/mol. The van der Waals surface area contributed by atoms with Gasteiger partial charge in [-0.15, -0.1) is 0 Å². The highest BCUT2D eigenvalue weighted by Gasteiger charge is 2.32. The first kappa shape index (κ1) is 17.2. The van der Waals surface area contributed by atoms with Crippen molar-refractivity contribution in [1.82, 2.24) is 14.8 Å². The number of halogens is 1. The molecule has 1 unspecified atom stereocenters. The second kappa shape index (κ2) is 7.54.